The van der Waals surface area contributed by atoms with Gasteiger partial charge in [0.05, 0.1) is 23.4 Å². The molecule has 0 bridgehead atoms. The lowest BCUT2D eigenvalue weighted by Gasteiger charge is -2.32. The average Bonchev–Trinajstić information content (AvgIpc) is 2.82. The number of aromatic nitrogens is 3. The molecule has 1 heterocycles. The molecule has 5 nitrogen and oxygen atoms in total. The molecule has 25 heavy (non-hydrogen) atoms. The van der Waals surface area contributed by atoms with Crippen molar-refractivity contribution in [3.8, 4) is 0 Å². The maximum atomic E-state index is 9.13. The summed E-state index contributed by atoms with van der Waals surface area (Å²) in [5.74, 6) is 0. The van der Waals surface area contributed by atoms with Gasteiger partial charge in [0.25, 0.3) is 0 Å². The molecule has 0 radical (unpaired) electrons. The van der Waals surface area contributed by atoms with Crippen LogP contribution in [0.15, 0.2) is 6.20 Å². The predicted molar refractivity (Wildman–Crippen MR) is 103 cm³/mol. The summed E-state index contributed by atoms with van der Waals surface area (Å²) < 4.78 is 7.92. The molecular weight excluding hydrogens is 314 g/mol. The molecule has 0 atom stereocenters. The largest absolute Gasteiger partial charge is 0.396 e. The summed E-state index contributed by atoms with van der Waals surface area (Å²) in [7, 11) is 0. The topological polar surface area (TPSA) is 60.2 Å². The number of aliphatic hydroxyl groups excluding tert-OH is 1. The standard InChI is InChI=1S/C20H39N3O2/c1-17(2,3)14-18(4,5)12-16-13-23(22-21-16)19(6,7)15-25-20(8,9)10-11-24/h13,24H,10-12,14-15H2,1-9H3. The van der Waals surface area contributed by atoms with E-state index in [-0.39, 0.29) is 23.2 Å². The van der Waals surface area contributed by atoms with Crippen molar-refractivity contribution in [3.05, 3.63) is 11.9 Å². The van der Waals surface area contributed by atoms with E-state index >= 15 is 0 Å². The van der Waals surface area contributed by atoms with E-state index in [4.69, 9.17) is 9.84 Å². The highest BCUT2D eigenvalue weighted by Crippen LogP contribution is 2.35. The summed E-state index contributed by atoms with van der Waals surface area (Å²) in [5.41, 5.74) is 0.876. The number of aliphatic hydroxyl groups is 1. The van der Waals surface area contributed by atoms with E-state index in [0.29, 0.717) is 18.4 Å². The molecule has 0 saturated heterocycles. The van der Waals surface area contributed by atoms with Crippen molar-refractivity contribution < 1.29 is 9.84 Å². The molecule has 1 aromatic heterocycles. The Morgan fingerprint density at radius 1 is 1.04 bits per heavy atom. The van der Waals surface area contributed by atoms with Crippen molar-refractivity contribution in [2.24, 2.45) is 10.8 Å². The Kier molecular flexibility index (Phi) is 6.85. The van der Waals surface area contributed by atoms with Crippen LogP contribution in [0.3, 0.4) is 0 Å². The zero-order chi connectivity index (χ0) is 19.5. The second-order valence-electron chi connectivity index (χ2n) is 10.6. The molecule has 0 aliphatic heterocycles. The van der Waals surface area contributed by atoms with Gasteiger partial charge in [-0.25, -0.2) is 4.68 Å². The van der Waals surface area contributed by atoms with E-state index in [1.54, 1.807) is 0 Å². The van der Waals surface area contributed by atoms with Gasteiger partial charge in [-0.2, -0.15) is 0 Å². The van der Waals surface area contributed by atoms with Crippen molar-refractivity contribution in [2.45, 2.75) is 92.7 Å². The molecule has 1 rings (SSSR count). The SMILES string of the molecule is CC(C)(C)CC(C)(C)Cc1cn(C(C)(C)COC(C)(C)CCO)nn1. The van der Waals surface area contributed by atoms with Crippen LogP contribution in [-0.4, -0.2) is 38.9 Å². The van der Waals surface area contributed by atoms with Crippen LogP contribution in [0.1, 0.15) is 80.8 Å². The second-order valence-corrected chi connectivity index (χ2v) is 10.6. The molecular formula is C20H39N3O2. The summed E-state index contributed by atoms with van der Waals surface area (Å²) in [5, 5.41) is 17.9. The minimum Gasteiger partial charge on any atom is -0.396 e. The summed E-state index contributed by atoms with van der Waals surface area (Å²) in [6.45, 7) is 20.3. The van der Waals surface area contributed by atoms with E-state index in [2.05, 4.69) is 58.8 Å². The van der Waals surface area contributed by atoms with Crippen molar-refractivity contribution in [2.75, 3.05) is 13.2 Å². The minimum atomic E-state index is -0.343. The van der Waals surface area contributed by atoms with Gasteiger partial charge in [0.15, 0.2) is 0 Å². The molecule has 0 aromatic carbocycles. The highest BCUT2D eigenvalue weighted by molar-refractivity contribution is 5.00. The van der Waals surface area contributed by atoms with Crippen LogP contribution < -0.4 is 0 Å². The number of rotatable bonds is 9. The third kappa shape index (κ3) is 7.87. The van der Waals surface area contributed by atoms with Crippen LogP contribution in [0.2, 0.25) is 0 Å². The Morgan fingerprint density at radius 3 is 2.16 bits per heavy atom. The first-order chi connectivity index (χ1) is 11.2. The first kappa shape index (κ1) is 22.1. The first-order valence-corrected chi connectivity index (χ1v) is 9.32. The number of ether oxygens (including phenoxy) is 1. The van der Waals surface area contributed by atoms with Crippen molar-refractivity contribution in [3.63, 3.8) is 0 Å². The average molecular weight is 354 g/mol. The van der Waals surface area contributed by atoms with Gasteiger partial charge in [0.1, 0.15) is 0 Å². The van der Waals surface area contributed by atoms with Crippen LogP contribution in [-0.2, 0) is 16.7 Å². The summed E-state index contributed by atoms with van der Waals surface area (Å²) in [4.78, 5) is 0. The molecule has 1 aromatic rings. The van der Waals surface area contributed by atoms with Crippen molar-refractivity contribution in [1.82, 2.24) is 15.0 Å². The minimum absolute atomic E-state index is 0.129. The number of hydrogen-bond acceptors (Lipinski definition) is 4. The zero-order valence-electron chi connectivity index (χ0n) is 17.8. The molecule has 1 N–H and O–H groups in total. The lowest BCUT2D eigenvalue weighted by Crippen LogP contribution is -2.38. The Balaban J connectivity index is 2.75. The first-order valence-electron chi connectivity index (χ1n) is 9.32. The number of hydrogen-bond donors (Lipinski definition) is 1. The quantitative estimate of drug-likeness (QED) is 0.723. The van der Waals surface area contributed by atoms with Crippen LogP contribution in [0, 0.1) is 10.8 Å². The van der Waals surface area contributed by atoms with Crippen molar-refractivity contribution >= 4 is 0 Å². The molecule has 146 valence electrons. The fraction of sp³-hybridized carbons (Fsp3) is 0.900. The van der Waals surface area contributed by atoms with Crippen LogP contribution in [0.25, 0.3) is 0 Å². The van der Waals surface area contributed by atoms with Gasteiger partial charge in [-0.3, -0.25) is 0 Å². The highest BCUT2D eigenvalue weighted by Gasteiger charge is 2.30. The maximum Gasteiger partial charge on any atom is 0.0832 e. The summed E-state index contributed by atoms with van der Waals surface area (Å²) in [6.07, 6.45) is 4.71. The fourth-order valence-electron chi connectivity index (χ4n) is 3.44. The third-order valence-corrected chi connectivity index (χ3v) is 4.36. The second kappa shape index (κ2) is 7.75. The lowest BCUT2D eigenvalue weighted by atomic mass is 9.74. The molecule has 0 unspecified atom stereocenters. The van der Waals surface area contributed by atoms with E-state index in [0.717, 1.165) is 18.5 Å². The molecule has 0 amide bonds. The smallest absolute Gasteiger partial charge is 0.0832 e. The van der Waals surface area contributed by atoms with Gasteiger partial charge in [-0.05, 0) is 57.8 Å². The molecule has 0 aliphatic rings. The normalized spacial score (nSPS) is 14.2. The van der Waals surface area contributed by atoms with Gasteiger partial charge in [0.2, 0.25) is 0 Å². The maximum absolute atomic E-state index is 9.13. The molecule has 0 aliphatic carbocycles. The Bertz CT molecular complexity index is 539. The highest BCUT2D eigenvalue weighted by atomic mass is 16.5. The van der Waals surface area contributed by atoms with Crippen molar-refractivity contribution in [1.29, 1.82) is 0 Å². The van der Waals surface area contributed by atoms with E-state index in [1.807, 2.05) is 24.7 Å². The molecule has 0 spiro atoms. The monoisotopic (exact) mass is 353 g/mol. The lowest BCUT2D eigenvalue weighted by molar-refractivity contribution is -0.0646. The summed E-state index contributed by atoms with van der Waals surface area (Å²) >= 11 is 0. The Morgan fingerprint density at radius 2 is 1.64 bits per heavy atom. The van der Waals surface area contributed by atoms with E-state index in [9.17, 15) is 0 Å². The van der Waals surface area contributed by atoms with Gasteiger partial charge >= 0.3 is 0 Å². The van der Waals surface area contributed by atoms with Crippen LogP contribution in [0.5, 0.6) is 0 Å². The zero-order valence-corrected chi connectivity index (χ0v) is 17.8. The van der Waals surface area contributed by atoms with Gasteiger partial charge < -0.3 is 9.84 Å². The van der Waals surface area contributed by atoms with Gasteiger partial charge in [-0.15, -0.1) is 5.10 Å². The molecule has 0 saturated carbocycles. The Labute approximate surface area is 154 Å². The number of nitrogens with zero attached hydrogens (tertiary/aromatic N) is 3. The van der Waals surface area contributed by atoms with Crippen LogP contribution >= 0.6 is 0 Å². The molecule has 0 fully saturated rings. The summed E-state index contributed by atoms with van der Waals surface area (Å²) in [6, 6.07) is 0. The fourth-order valence-corrected chi connectivity index (χ4v) is 3.44. The van der Waals surface area contributed by atoms with Gasteiger partial charge in [0, 0.05) is 12.8 Å². The predicted octanol–water partition coefficient (Wildman–Crippen LogP) is 4.20. The van der Waals surface area contributed by atoms with E-state index in [1.165, 1.54) is 0 Å². The third-order valence-electron chi connectivity index (χ3n) is 4.36. The van der Waals surface area contributed by atoms with Gasteiger partial charge in [-0.1, -0.05) is 39.8 Å². The van der Waals surface area contributed by atoms with E-state index < -0.39 is 0 Å². The molecule has 5 heteroatoms. The van der Waals surface area contributed by atoms with Crippen LogP contribution in [0.4, 0.5) is 0 Å². The Hall–Kier alpha value is -0.940.